The van der Waals surface area contributed by atoms with Crippen LogP contribution in [-0.2, 0) is 14.3 Å². The van der Waals surface area contributed by atoms with Crippen molar-refractivity contribution in [1.82, 2.24) is 4.90 Å². The Kier molecular flexibility index (Phi) is 4.56. The number of hydrogen-bond acceptors (Lipinski definition) is 5. The molecule has 0 saturated carbocycles. The number of amides is 1. The van der Waals surface area contributed by atoms with E-state index in [0.717, 1.165) is 0 Å². The molecule has 0 radical (unpaired) electrons. The summed E-state index contributed by atoms with van der Waals surface area (Å²) in [7, 11) is 1.32. The molecular weight excluding hydrogens is 236 g/mol. The first kappa shape index (κ1) is 14.8. The molecule has 0 aliphatic carbocycles. The minimum atomic E-state index is -0.544. The van der Waals surface area contributed by atoms with Crippen molar-refractivity contribution in [2.75, 3.05) is 20.2 Å². The van der Waals surface area contributed by atoms with E-state index in [1.165, 1.54) is 12.0 Å². The smallest absolute Gasteiger partial charge is 0.410 e. The number of hydrogen-bond donors (Lipinski definition) is 1. The Bertz CT molecular complexity index is 325. The van der Waals surface area contributed by atoms with Crippen LogP contribution in [0.25, 0.3) is 0 Å². The lowest BCUT2D eigenvalue weighted by molar-refractivity contribution is -0.147. The quantitative estimate of drug-likeness (QED) is 0.702. The molecule has 0 aromatic carbocycles. The maximum atomic E-state index is 11.9. The van der Waals surface area contributed by atoms with Gasteiger partial charge in [-0.3, -0.25) is 4.79 Å². The van der Waals surface area contributed by atoms with E-state index in [2.05, 4.69) is 0 Å². The van der Waals surface area contributed by atoms with Crippen molar-refractivity contribution >= 4 is 12.1 Å². The lowest BCUT2D eigenvalue weighted by Crippen LogP contribution is -2.53. The Balaban J connectivity index is 2.64. The fourth-order valence-corrected chi connectivity index (χ4v) is 1.86. The zero-order chi connectivity index (χ0) is 13.9. The highest BCUT2D eigenvalue weighted by Crippen LogP contribution is 2.19. The molecule has 0 unspecified atom stereocenters. The standard InChI is InChI=1S/C12H22N2O4/c1-12(2,3)18-11(16)14-6-5-9(13)8(7-14)10(15)17-4/h8-9H,5-7,13H2,1-4H3/t8-,9-/m0/s1. The number of esters is 1. The van der Waals surface area contributed by atoms with Gasteiger partial charge in [0.25, 0.3) is 0 Å². The fourth-order valence-electron chi connectivity index (χ4n) is 1.86. The van der Waals surface area contributed by atoms with Crippen LogP contribution in [0.4, 0.5) is 4.79 Å². The summed E-state index contributed by atoms with van der Waals surface area (Å²) in [5.41, 5.74) is 5.32. The molecule has 1 aliphatic rings. The number of nitrogens with zero attached hydrogens (tertiary/aromatic N) is 1. The van der Waals surface area contributed by atoms with Crippen LogP contribution in [0, 0.1) is 5.92 Å². The summed E-state index contributed by atoms with van der Waals surface area (Å²) in [5.74, 6) is -0.855. The van der Waals surface area contributed by atoms with Crippen molar-refractivity contribution in [2.24, 2.45) is 11.7 Å². The van der Waals surface area contributed by atoms with E-state index in [1.54, 1.807) is 20.8 Å². The topological polar surface area (TPSA) is 81.9 Å². The van der Waals surface area contributed by atoms with E-state index >= 15 is 0 Å². The van der Waals surface area contributed by atoms with Crippen molar-refractivity contribution in [3.63, 3.8) is 0 Å². The van der Waals surface area contributed by atoms with E-state index < -0.39 is 17.6 Å². The second kappa shape index (κ2) is 5.56. The van der Waals surface area contributed by atoms with Crippen molar-refractivity contribution in [3.05, 3.63) is 0 Å². The molecule has 6 nitrogen and oxygen atoms in total. The van der Waals surface area contributed by atoms with Gasteiger partial charge in [0.1, 0.15) is 5.60 Å². The molecule has 1 rings (SSSR count). The van der Waals surface area contributed by atoms with Crippen LogP contribution in [0.5, 0.6) is 0 Å². The molecule has 18 heavy (non-hydrogen) atoms. The van der Waals surface area contributed by atoms with Gasteiger partial charge in [-0.2, -0.15) is 0 Å². The Morgan fingerprint density at radius 1 is 1.33 bits per heavy atom. The predicted molar refractivity (Wildman–Crippen MR) is 65.9 cm³/mol. The number of rotatable bonds is 1. The first-order valence-electron chi connectivity index (χ1n) is 6.06. The number of likely N-dealkylation sites (tertiary alicyclic amines) is 1. The third-order valence-corrected chi connectivity index (χ3v) is 2.82. The number of ether oxygens (including phenoxy) is 2. The lowest BCUT2D eigenvalue weighted by atomic mass is 9.93. The first-order valence-corrected chi connectivity index (χ1v) is 6.06. The molecule has 0 aromatic heterocycles. The minimum Gasteiger partial charge on any atom is -0.469 e. The lowest BCUT2D eigenvalue weighted by Gasteiger charge is -2.36. The Morgan fingerprint density at radius 3 is 2.44 bits per heavy atom. The largest absolute Gasteiger partial charge is 0.469 e. The van der Waals surface area contributed by atoms with Crippen LogP contribution >= 0.6 is 0 Å². The third kappa shape index (κ3) is 3.87. The Labute approximate surface area is 107 Å². The Morgan fingerprint density at radius 2 is 1.94 bits per heavy atom. The number of piperidine rings is 1. The average molecular weight is 258 g/mol. The van der Waals surface area contributed by atoms with Gasteiger partial charge in [-0.05, 0) is 27.2 Å². The monoisotopic (exact) mass is 258 g/mol. The Hall–Kier alpha value is -1.30. The van der Waals surface area contributed by atoms with Crippen LogP contribution in [0.1, 0.15) is 27.2 Å². The van der Waals surface area contributed by atoms with Gasteiger partial charge in [-0.15, -0.1) is 0 Å². The van der Waals surface area contributed by atoms with Gasteiger partial charge in [0.15, 0.2) is 0 Å². The molecule has 104 valence electrons. The fraction of sp³-hybridized carbons (Fsp3) is 0.833. The normalized spacial score (nSPS) is 24.6. The summed E-state index contributed by atoms with van der Waals surface area (Å²) in [6.07, 6.45) is 0.155. The summed E-state index contributed by atoms with van der Waals surface area (Å²) < 4.78 is 9.96. The molecule has 6 heteroatoms. The first-order chi connectivity index (χ1) is 8.24. The SMILES string of the molecule is COC(=O)[C@H]1CN(C(=O)OC(C)(C)C)CC[C@@H]1N. The third-order valence-electron chi connectivity index (χ3n) is 2.82. The summed E-state index contributed by atoms with van der Waals surface area (Å²) in [6.45, 7) is 6.17. The molecular formula is C12H22N2O4. The van der Waals surface area contributed by atoms with Crippen LogP contribution in [-0.4, -0.2) is 48.8 Å². The van der Waals surface area contributed by atoms with E-state index in [-0.39, 0.29) is 18.6 Å². The molecule has 1 saturated heterocycles. The molecule has 2 N–H and O–H groups in total. The van der Waals surface area contributed by atoms with Crippen molar-refractivity contribution < 1.29 is 19.1 Å². The average Bonchev–Trinajstić information content (AvgIpc) is 2.26. The van der Waals surface area contributed by atoms with E-state index in [0.29, 0.717) is 13.0 Å². The summed E-state index contributed by atoms with van der Waals surface area (Å²) >= 11 is 0. The second-order valence-corrected chi connectivity index (χ2v) is 5.51. The zero-order valence-corrected chi connectivity index (χ0v) is 11.4. The maximum Gasteiger partial charge on any atom is 0.410 e. The van der Waals surface area contributed by atoms with Gasteiger partial charge in [-0.25, -0.2) is 4.79 Å². The van der Waals surface area contributed by atoms with E-state index in [4.69, 9.17) is 15.2 Å². The molecule has 0 bridgehead atoms. The summed E-state index contributed by atoms with van der Waals surface area (Å²) in [5, 5.41) is 0. The highest BCUT2D eigenvalue weighted by Gasteiger charge is 2.36. The van der Waals surface area contributed by atoms with Crippen LogP contribution < -0.4 is 5.73 Å². The maximum absolute atomic E-state index is 11.9. The highest BCUT2D eigenvalue weighted by molar-refractivity contribution is 5.75. The molecule has 1 heterocycles. The second-order valence-electron chi connectivity index (χ2n) is 5.51. The molecule has 0 aromatic rings. The van der Waals surface area contributed by atoms with E-state index in [9.17, 15) is 9.59 Å². The number of carbonyl (C=O) groups excluding carboxylic acids is 2. The molecule has 1 amide bonds. The number of nitrogens with two attached hydrogens (primary N) is 1. The summed E-state index contributed by atoms with van der Waals surface area (Å²) in [6, 6.07) is -0.267. The minimum absolute atomic E-state index is 0.253. The molecule has 0 spiro atoms. The van der Waals surface area contributed by atoms with Gasteiger partial charge < -0.3 is 20.1 Å². The number of carbonyl (C=O) groups is 2. The molecule has 1 fully saturated rings. The number of methoxy groups -OCH3 is 1. The van der Waals surface area contributed by atoms with Crippen molar-refractivity contribution in [1.29, 1.82) is 0 Å². The zero-order valence-electron chi connectivity index (χ0n) is 11.4. The van der Waals surface area contributed by atoms with Crippen LogP contribution in [0.2, 0.25) is 0 Å². The predicted octanol–water partition coefficient (Wildman–Crippen LogP) is 0.744. The van der Waals surface area contributed by atoms with E-state index in [1.807, 2.05) is 0 Å². The highest BCUT2D eigenvalue weighted by atomic mass is 16.6. The molecule has 1 aliphatic heterocycles. The van der Waals surface area contributed by atoms with Gasteiger partial charge in [0, 0.05) is 19.1 Å². The van der Waals surface area contributed by atoms with Crippen LogP contribution in [0.15, 0.2) is 0 Å². The van der Waals surface area contributed by atoms with Gasteiger partial charge in [0.2, 0.25) is 0 Å². The van der Waals surface area contributed by atoms with Gasteiger partial charge >= 0.3 is 12.1 Å². The van der Waals surface area contributed by atoms with Crippen molar-refractivity contribution in [3.8, 4) is 0 Å². The summed E-state index contributed by atoms with van der Waals surface area (Å²) in [4.78, 5) is 24.9. The molecule has 2 atom stereocenters. The van der Waals surface area contributed by atoms with Gasteiger partial charge in [0.05, 0.1) is 13.0 Å². The van der Waals surface area contributed by atoms with Gasteiger partial charge in [-0.1, -0.05) is 0 Å². The van der Waals surface area contributed by atoms with Crippen molar-refractivity contribution in [2.45, 2.75) is 38.8 Å². The van der Waals surface area contributed by atoms with Crippen LogP contribution in [0.3, 0.4) is 0 Å².